The molecule has 1 aromatic heterocycles. The first-order valence-corrected chi connectivity index (χ1v) is 8.06. The average Bonchev–Trinajstić information content (AvgIpc) is 2.17. The molecule has 0 aliphatic carbocycles. The molecule has 1 heterocycles. The van der Waals surface area contributed by atoms with Crippen LogP contribution in [0.4, 0.5) is 5.82 Å². The minimum atomic E-state index is -2.87. The number of nitrogens with one attached hydrogen (secondary N) is 1. The maximum Gasteiger partial charge on any atom is 0.148 e. The summed E-state index contributed by atoms with van der Waals surface area (Å²) in [5, 5.41) is 3.11. The van der Waals surface area contributed by atoms with Gasteiger partial charge in [0.2, 0.25) is 0 Å². The van der Waals surface area contributed by atoms with Gasteiger partial charge in [-0.05, 0) is 19.1 Å². The SMILES string of the molecule is CCNc1cc(SCCS(C)(=O)=O)ccn1. The van der Waals surface area contributed by atoms with E-state index in [0.717, 1.165) is 17.3 Å². The van der Waals surface area contributed by atoms with Crippen molar-refractivity contribution in [2.75, 3.05) is 29.6 Å². The lowest BCUT2D eigenvalue weighted by Gasteiger charge is -2.04. The monoisotopic (exact) mass is 260 g/mol. The second kappa shape index (κ2) is 6.10. The summed E-state index contributed by atoms with van der Waals surface area (Å²) in [6.45, 7) is 2.83. The van der Waals surface area contributed by atoms with Gasteiger partial charge in [0.05, 0.1) is 5.75 Å². The molecule has 6 heteroatoms. The van der Waals surface area contributed by atoms with Crippen LogP contribution >= 0.6 is 11.8 Å². The number of anilines is 1. The van der Waals surface area contributed by atoms with Crippen LogP contribution in [-0.2, 0) is 9.84 Å². The Morgan fingerprint density at radius 3 is 2.88 bits per heavy atom. The highest BCUT2D eigenvalue weighted by atomic mass is 32.2. The van der Waals surface area contributed by atoms with Crippen molar-refractivity contribution in [3.8, 4) is 0 Å². The Balaban J connectivity index is 2.51. The normalized spacial score (nSPS) is 11.4. The third-order valence-corrected chi connectivity index (χ3v) is 4.01. The molecule has 0 amide bonds. The third kappa shape index (κ3) is 5.37. The smallest absolute Gasteiger partial charge is 0.148 e. The molecule has 0 spiro atoms. The lowest BCUT2D eigenvalue weighted by Crippen LogP contribution is -2.05. The maximum absolute atomic E-state index is 11.0. The third-order valence-electron chi connectivity index (χ3n) is 1.81. The first-order valence-electron chi connectivity index (χ1n) is 5.01. The summed E-state index contributed by atoms with van der Waals surface area (Å²) in [5.41, 5.74) is 0. The molecule has 90 valence electrons. The Morgan fingerprint density at radius 1 is 1.50 bits per heavy atom. The van der Waals surface area contributed by atoms with Crippen molar-refractivity contribution < 1.29 is 8.42 Å². The fraction of sp³-hybridized carbons (Fsp3) is 0.500. The molecule has 1 rings (SSSR count). The zero-order valence-electron chi connectivity index (χ0n) is 9.43. The Bertz CT molecular complexity index is 432. The largest absolute Gasteiger partial charge is 0.370 e. The van der Waals surface area contributed by atoms with E-state index in [4.69, 9.17) is 0 Å². The van der Waals surface area contributed by atoms with Gasteiger partial charge in [-0.25, -0.2) is 13.4 Å². The van der Waals surface area contributed by atoms with Crippen molar-refractivity contribution >= 4 is 27.4 Å². The second-order valence-corrected chi connectivity index (χ2v) is 6.81. The van der Waals surface area contributed by atoms with Crippen LogP contribution < -0.4 is 5.32 Å². The minimum Gasteiger partial charge on any atom is -0.370 e. The molecule has 0 unspecified atom stereocenters. The number of hydrogen-bond acceptors (Lipinski definition) is 5. The first kappa shape index (κ1) is 13.3. The Hall–Kier alpha value is -0.750. The molecule has 0 aromatic carbocycles. The van der Waals surface area contributed by atoms with Crippen LogP contribution in [0, 0.1) is 0 Å². The van der Waals surface area contributed by atoms with Gasteiger partial charge in [0, 0.05) is 29.6 Å². The van der Waals surface area contributed by atoms with Crippen LogP contribution in [-0.4, -0.2) is 37.7 Å². The van der Waals surface area contributed by atoms with E-state index in [9.17, 15) is 8.42 Å². The maximum atomic E-state index is 11.0. The zero-order chi connectivity index (χ0) is 12.0. The first-order chi connectivity index (χ1) is 7.51. The molecule has 0 aliphatic heterocycles. The Morgan fingerprint density at radius 2 is 2.25 bits per heavy atom. The molecule has 0 saturated heterocycles. The van der Waals surface area contributed by atoms with E-state index >= 15 is 0 Å². The predicted octanol–water partition coefficient (Wildman–Crippen LogP) is 1.65. The van der Waals surface area contributed by atoms with Crippen LogP contribution in [0.15, 0.2) is 23.2 Å². The molecular formula is C10H16N2O2S2. The summed E-state index contributed by atoms with van der Waals surface area (Å²) < 4.78 is 21.9. The lowest BCUT2D eigenvalue weighted by atomic mass is 10.4. The van der Waals surface area contributed by atoms with Gasteiger partial charge in [-0.3, -0.25) is 0 Å². The van der Waals surface area contributed by atoms with E-state index < -0.39 is 9.84 Å². The van der Waals surface area contributed by atoms with E-state index in [1.54, 1.807) is 6.20 Å². The van der Waals surface area contributed by atoms with Crippen LogP contribution in [0.5, 0.6) is 0 Å². The van der Waals surface area contributed by atoms with Crippen molar-refractivity contribution in [3.05, 3.63) is 18.3 Å². The molecule has 0 fully saturated rings. The van der Waals surface area contributed by atoms with Crippen LogP contribution in [0.2, 0.25) is 0 Å². The van der Waals surface area contributed by atoms with Gasteiger partial charge in [0.25, 0.3) is 0 Å². The van der Waals surface area contributed by atoms with E-state index in [-0.39, 0.29) is 5.75 Å². The molecule has 0 atom stereocenters. The quantitative estimate of drug-likeness (QED) is 0.788. The summed E-state index contributed by atoms with van der Waals surface area (Å²) in [6.07, 6.45) is 2.98. The summed E-state index contributed by atoms with van der Waals surface area (Å²) in [4.78, 5) is 5.18. The Kier molecular flexibility index (Phi) is 5.08. The van der Waals surface area contributed by atoms with Crippen LogP contribution in [0.25, 0.3) is 0 Å². The van der Waals surface area contributed by atoms with Crippen molar-refractivity contribution in [2.24, 2.45) is 0 Å². The van der Waals surface area contributed by atoms with Gasteiger partial charge in [-0.1, -0.05) is 0 Å². The number of pyridine rings is 1. The fourth-order valence-corrected chi connectivity index (χ4v) is 3.22. The van der Waals surface area contributed by atoms with Gasteiger partial charge in [0.15, 0.2) is 0 Å². The van der Waals surface area contributed by atoms with Crippen molar-refractivity contribution in [1.29, 1.82) is 0 Å². The summed E-state index contributed by atoms with van der Waals surface area (Å²) in [7, 11) is -2.87. The molecule has 0 saturated carbocycles. The van der Waals surface area contributed by atoms with Crippen molar-refractivity contribution in [3.63, 3.8) is 0 Å². The van der Waals surface area contributed by atoms with Gasteiger partial charge < -0.3 is 5.32 Å². The minimum absolute atomic E-state index is 0.205. The number of rotatable bonds is 6. The van der Waals surface area contributed by atoms with E-state index in [1.807, 2.05) is 19.1 Å². The molecule has 0 aliphatic rings. The number of thioether (sulfide) groups is 1. The number of sulfone groups is 1. The number of aromatic nitrogens is 1. The van der Waals surface area contributed by atoms with Gasteiger partial charge in [0.1, 0.15) is 15.7 Å². The Labute approximate surface area is 101 Å². The molecular weight excluding hydrogens is 244 g/mol. The number of nitrogens with zero attached hydrogens (tertiary/aromatic N) is 1. The average molecular weight is 260 g/mol. The van der Waals surface area contributed by atoms with E-state index in [2.05, 4.69) is 10.3 Å². The fourth-order valence-electron chi connectivity index (χ4n) is 1.09. The van der Waals surface area contributed by atoms with E-state index in [0.29, 0.717) is 5.75 Å². The topological polar surface area (TPSA) is 59.1 Å². The van der Waals surface area contributed by atoms with Crippen molar-refractivity contribution in [1.82, 2.24) is 4.98 Å². The zero-order valence-corrected chi connectivity index (χ0v) is 11.1. The van der Waals surface area contributed by atoms with Gasteiger partial charge in [-0.15, -0.1) is 11.8 Å². The highest BCUT2D eigenvalue weighted by Gasteiger charge is 2.03. The predicted molar refractivity (Wildman–Crippen MR) is 68.8 cm³/mol. The second-order valence-electron chi connectivity index (χ2n) is 3.39. The van der Waals surface area contributed by atoms with Crippen molar-refractivity contribution in [2.45, 2.75) is 11.8 Å². The molecule has 16 heavy (non-hydrogen) atoms. The lowest BCUT2D eigenvalue weighted by molar-refractivity contribution is 0.603. The van der Waals surface area contributed by atoms with Gasteiger partial charge >= 0.3 is 0 Å². The molecule has 1 N–H and O–H groups in total. The molecule has 4 nitrogen and oxygen atoms in total. The van der Waals surface area contributed by atoms with Crippen LogP contribution in [0.1, 0.15) is 6.92 Å². The standard InChI is InChI=1S/C10H16N2O2S2/c1-3-11-10-8-9(4-5-12-10)15-6-7-16(2,13)14/h4-5,8H,3,6-7H2,1-2H3,(H,11,12). The highest BCUT2D eigenvalue weighted by molar-refractivity contribution is 8.00. The molecule has 1 aromatic rings. The highest BCUT2D eigenvalue weighted by Crippen LogP contribution is 2.19. The summed E-state index contributed by atoms with van der Waals surface area (Å²) in [6, 6.07) is 3.81. The van der Waals surface area contributed by atoms with Gasteiger partial charge in [-0.2, -0.15) is 0 Å². The summed E-state index contributed by atoms with van der Waals surface area (Å²) >= 11 is 1.53. The summed E-state index contributed by atoms with van der Waals surface area (Å²) in [5.74, 6) is 1.61. The number of hydrogen-bond donors (Lipinski definition) is 1. The molecule has 0 bridgehead atoms. The van der Waals surface area contributed by atoms with E-state index in [1.165, 1.54) is 18.0 Å². The van der Waals surface area contributed by atoms with Crippen LogP contribution in [0.3, 0.4) is 0 Å². The molecule has 0 radical (unpaired) electrons.